The Kier molecular flexibility index (Phi) is 6.89. The topological polar surface area (TPSA) is 92.2 Å². The first-order chi connectivity index (χ1) is 14.0. The third-order valence-corrected chi connectivity index (χ3v) is 5.58. The van der Waals surface area contributed by atoms with Crippen LogP contribution in [-0.4, -0.2) is 44.6 Å². The molecule has 4 rings (SSSR count). The maximum Gasteiger partial charge on any atom is 0.229 e. The van der Waals surface area contributed by atoms with E-state index in [1.54, 1.807) is 22.8 Å². The molecule has 8 nitrogen and oxygen atoms in total. The van der Waals surface area contributed by atoms with Gasteiger partial charge in [0.05, 0.1) is 12.5 Å². The molecule has 0 saturated carbocycles. The van der Waals surface area contributed by atoms with Gasteiger partial charge in [-0.05, 0) is 43.1 Å². The van der Waals surface area contributed by atoms with Crippen molar-refractivity contribution in [1.82, 2.24) is 25.0 Å². The van der Waals surface area contributed by atoms with Gasteiger partial charge in [-0.3, -0.25) is 14.9 Å². The standard InChI is InChI=1S/C21H26N6O2.ClH/c1-14(28)27-12-9-15-5-3-4-6-17(15)18(27)13-19(29)23-21-24-20(25-26(21)2)16-7-10-22-11-8-16;/h3-6,9,12,16,18,22H,7-8,10-11,13H2,1-2H3,(H,23,24,25,29);1H. The lowest BCUT2D eigenvalue weighted by Crippen LogP contribution is -2.33. The largest absolute Gasteiger partial charge is 0.317 e. The van der Waals surface area contributed by atoms with Crippen LogP contribution in [-0.2, 0) is 16.6 Å². The number of hydrogen-bond donors (Lipinski definition) is 2. The molecule has 160 valence electrons. The molecule has 30 heavy (non-hydrogen) atoms. The molecule has 0 bridgehead atoms. The third-order valence-electron chi connectivity index (χ3n) is 5.58. The van der Waals surface area contributed by atoms with Gasteiger partial charge in [-0.15, -0.1) is 12.4 Å². The molecule has 2 aliphatic rings. The summed E-state index contributed by atoms with van der Waals surface area (Å²) >= 11 is 0. The van der Waals surface area contributed by atoms with Crippen LogP contribution in [0, 0.1) is 0 Å². The first kappa shape index (κ1) is 22.0. The van der Waals surface area contributed by atoms with Gasteiger partial charge < -0.3 is 10.2 Å². The van der Waals surface area contributed by atoms with Gasteiger partial charge in [0, 0.05) is 26.1 Å². The number of halogens is 1. The molecule has 3 heterocycles. The number of hydrogen-bond acceptors (Lipinski definition) is 5. The molecular formula is C21H27ClN6O2. The second kappa shape index (κ2) is 9.40. The van der Waals surface area contributed by atoms with Crippen LogP contribution >= 0.6 is 12.4 Å². The predicted molar refractivity (Wildman–Crippen MR) is 117 cm³/mol. The lowest BCUT2D eigenvalue weighted by molar-refractivity contribution is -0.129. The van der Waals surface area contributed by atoms with Crippen molar-refractivity contribution in [2.45, 2.75) is 38.1 Å². The summed E-state index contributed by atoms with van der Waals surface area (Å²) in [6.07, 6.45) is 5.79. The molecule has 2 amide bonds. The zero-order valence-electron chi connectivity index (χ0n) is 17.2. The van der Waals surface area contributed by atoms with E-state index in [1.165, 1.54) is 6.92 Å². The lowest BCUT2D eigenvalue weighted by Gasteiger charge is -2.32. The molecule has 1 atom stereocenters. The Morgan fingerprint density at radius 1 is 1.23 bits per heavy atom. The normalized spacial score (nSPS) is 18.5. The van der Waals surface area contributed by atoms with Gasteiger partial charge >= 0.3 is 0 Å². The molecular weight excluding hydrogens is 404 g/mol. The highest BCUT2D eigenvalue weighted by Gasteiger charge is 2.29. The highest BCUT2D eigenvalue weighted by molar-refractivity contribution is 5.90. The van der Waals surface area contributed by atoms with E-state index in [0.717, 1.165) is 42.9 Å². The van der Waals surface area contributed by atoms with Gasteiger partial charge in [0.15, 0.2) is 5.82 Å². The van der Waals surface area contributed by atoms with Gasteiger partial charge in [-0.1, -0.05) is 24.3 Å². The number of carbonyl (C=O) groups excluding carboxylic acids is 2. The number of piperidine rings is 1. The first-order valence-electron chi connectivity index (χ1n) is 10.0. The van der Waals surface area contributed by atoms with Crippen molar-refractivity contribution < 1.29 is 9.59 Å². The molecule has 2 aliphatic heterocycles. The van der Waals surface area contributed by atoms with Crippen molar-refractivity contribution in [2.75, 3.05) is 18.4 Å². The number of aromatic nitrogens is 3. The van der Waals surface area contributed by atoms with Crippen LogP contribution < -0.4 is 10.6 Å². The summed E-state index contributed by atoms with van der Waals surface area (Å²) in [6, 6.07) is 7.48. The number of nitrogens with zero attached hydrogens (tertiary/aromatic N) is 4. The number of fused-ring (bicyclic) bond motifs is 1. The van der Waals surface area contributed by atoms with Crippen LogP contribution in [0.4, 0.5) is 5.95 Å². The van der Waals surface area contributed by atoms with Crippen LogP contribution in [0.1, 0.15) is 55.1 Å². The second-order valence-corrected chi connectivity index (χ2v) is 7.58. The average Bonchev–Trinajstić information content (AvgIpc) is 3.09. The van der Waals surface area contributed by atoms with E-state index in [4.69, 9.17) is 0 Å². The summed E-state index contributed by atoms with van der Waals surface area (Å²) in [5.41, 5.74) is 1.99. The molecule has 2 aromatic rings. The molecule has 1 saturated heterocycles. The number of nitrogens with one attached hydrogen (secondary N) is 2. The Morgan fingerprint density at radius 3 is 2.70 bits per heavy atom. The van der Waals surface area contributed by atoms with Crippen LogP contribution in [0.15, 0.2) is 30.5 Å². The predicted octanol–water partition coefficient (Wildman–Crippen LogP) is 2.61. The zero-order chi connectivity index (χ0) is 20.4. The summed E-state index contributed by atoms with van der Waals surface area (Å²) in [5, 5.41) is 10.7. The molecule has 0 spiro atoms. The van der Waals surface area contributed by atoms with E-state index in [0.29, 0.717) is 11.9 Å². The van der Waals surface area contributed by atoms with E-state index in [9.17, 15) is 9.59 Å². The number of amides is 2. The summed E-state index contributed by atoms with van der Waals surface area (Å²) < 4.78 is 1.62. The average molecular weight is 431 g/mol. The highest BCUT2D eigenvalue weighted by atomic mass is 35.5. The third kappa shape index (κ3) is 4.55. The Balaban J connectivity index is 0.00000256. The van der Waals surface area contributed by atoms with Crippen molar-refractivity contribution in [3.05, 3.63) is 47.4 Å². The summed E-state index contributed by atoms with van der Waals surface area (Å²) in [5.74, 6) is 1.24. The molecule has 1 aromatic carbocycles. The van der Waals surface area contributed by atoms with Crippen LogP contribution in [0.25, 0.3) is 6.08 Å². The molecule has 1 aromatic heterocycles. The van der Waals surface area contributed by atoms with E-state index in [1.807, 2.05) is 30.3 Å². The smallest absolute Gasteiger partial charge is 0.229 e. The van der Waals surface area contributed by atoms with Crippen molar-refractivity contribution in [3.8, 4) is 0 Å². The van der Waals surface area contributed by atoms with E-state index in [-0.39, 0.29) is 36.7 Å². The van der Waals surface area contributed by atoms with Crippen LogP contribution in [0.3, 0.4) is 0 Å². The van der Waals surface area contributed by atoms with E-state index in [2.05, 4.69) is 20.7 Å². The molecule has 1 fully saturated rings. The number of rotatable bonds is 4. The molecule has 0 radical (unpaired) electrons. The quantitative estimate of drug-likeness (QED) is 0.777. The lowest BCUT2D eigenvalue weighted by atomic mass is 9.93. The minimum absolute atomic E-state index is 0. The molecule has 2 N–H and O–H groups in total. The van der Waals surface area contributed by atoms with Crippen molar-refractivity contribution >= 4 is 36.2 Å². The Morgan fingerprint density at radius 2 is 1.97 bits per heavy atom. The maximum absolute atomic E-state index is 12.8. The highest BCUT2D eigenvalue weighted by Crippen LogP contribution is 2.33. The summed E-state index contributed by atoms with van der Waals surface area (Å²) in [7, 11) is 1.79. The van der Waals surface area contributed by atoms with Gasteiger partial charge in [-0.2, -0.15) is 10.1 Å². The minimum Gasteiger partial charge on any atom is -0.317 e. The molecule has 0 aliphatic carbocycles. The number of aryl methyl sites for hydroxylation is 1. The van der Waals surface area contributed by atoms with Gasteiger partial charge in [0.1, 0.15) is 0 Å². The van der Waals surface area contributed by atoms with Crippen molar-refractivity contribution in [2.24, 2.45) is 7.05 Å². The molecule has 1 unspecified atom stereocenters. The van der Waals surface area contributed by atoms with E-state index >= 15 is 0 Å². The van der Waals surface area contributed by atoms with Crippen LogP contribution in [0.2, 0.25) is 0 Å². The Bertz CT molecular complexity index is 951. The Hall–Kier alpha value is -2.71. The minimum atomic E-state index is -0.342. The number of carbonyl (C=O) groups is 2. The van der Waals surface area contributed by atoms with Crippen molar-refractivity contribution in [3.63, 3.8) is 0 Å². The number of anilines is 1. The van der Waals surface area contributed by atoms with Crippen molar-refractivity contribution in [1.29, 1.82) is 0 Å². The SMILES string of the molecule is CC(=O)N1C=Cc2ccccc2C1CC(=O)Nc1nc(C2CCNCC2)nn1C.Cl. The van der Waals surface area contributed by atoms with Crippen LogP contribution in [0.5, 0.6) is 0 Å². The fraction of sp³-hybridized carbons (Fsp3) is 0.429. The zero-order valence-corrected chi connectivity index (χ0v) is 18.0. The monoisotopic (exact) mass is 430 g/mol. The fourth-order valence-electron chi connectivity index (χ4n) is 4.03. The fourth-order valence-corrected chi connectivity index (χ4v) is 4.03. The number of benzene rings is 1. The first-order valence-corrected chi connectivity index (χ1v) is 10.0. The van der Waals surface area contributed by atoms with Gasteiger partial charge in [-0.25, -0.2) is 4.68 Å². The summed E-state index contributed by atoms with van der Waals surface area (Å²) in [4.78, 5) is 31.1. The Labute approximate surface area is 182 Å². The summed E-state index contributed by atoms with van der Waals surface area (Å²) in [6.45, 7) is 3.43. The maximum atomic E-state index is 12.8. The van der Waals surface area contributed by atoms with E-state index < -0.39 is 0 Å². The molecule has 9 heteroatoms. The van der Waals surface area contributed by atoms with Gasteiger partial charge in [0.2, 0.25) is 17.8 Å². The second-order valence-electron chi connectivity index (χ2n) is 7.58. The van der Waals surface area contributed by atoms with Gasteiger partial charge in [0.25, 0.3) is 0 Å².